The molecule has 15 atom stereocenters. The fourth-order valence-electron chi connectivity index (χ4n) is 11.5. The van der Waals surface area contributed by atoms with Gasteiger partial charge in [0.15, 0.2) is 12.2 Å². The van der Waals surface area contributed by atoms with Gasteiger partial charge in [0, 0.05) is 47.0 Å². The fourth-order valence-corrected chi connectivity index (χ4v) is 11.5. The number of aromatic nitrogens is 2. The van der Waals surface area contributed by atoms with E-state index in [0.717, 1.165) is 38.1 Å². The number of rotatable bonds is 23. The zero-order chi connectivity index (χ0) is 78.7. The SMILES string of the molecule is CCCC1OC1C(=O)N[C@@H](CO)C(=O)NC1C(=O)N[C@H](Cc2c[nH]c3ccccc23)C(=O)N[C@@H](CC(=O)O)C(=O)N[C@@H](CC(=O)O)C(=O)N[C@H](c2ccc(O)cc2)C(=O)N[C@@H](CC(=O)O)C(=O)NCC(=O)N[C@H](C(O)C(N)=O)C(=O)N[C@@H](C(C)CC(=O)O)C(=O)NC(Cc2c[nH]c3ccccc23)C(=O)O[C@@H]1C. The van der Waals surface area contributed by atoms with Gasteiger partial charge in [-0.2, -0.15) is 0 Å². The quantitative estimate of drug-likeness (QED) is 0.0214. The van der Waals surface area contributed by atoms with Crippen LogP contribution >= 0.6 is 0 Å². The van der Waals surface area contributed by atoms with Gasteiger partial charge in [0.05, 0.1) is 44.9 Å². The Hall–Kier alpha value is -12.6. The highest BCUT2D eigenvalue weighted by Crippen LogP contribution is 2.28. The number of aliphatic hydroxyl groups is 2. The molecule has 2 aliphatic heterocycles. The lowest BCUT2D eigenvalue weighted by Crippen LogP contribution is -2.63. The van der Waals surface area contributed by atoms with E-state index in [1.807, 2.05) is 28.2 Å². The van der Waals surface area contributed by atoms with Crippen LogP contribution in [0.4, 0.5) is 0 Å². The molecule has 12 amide bonds. The number of phenols is 1. The van der Waals surface area contributed by atoms with Gasteiger partial charge in [0.25, 0.3) is 5.91 Å². The molecule has 574 valence electrons. The highest BCUT2D eigenvalue weighted by molar-refractivity contribution is 6.02. The smallest absolute Gasteiger partial charge is 0.329 e. The highest BCUT2D eigenvalue weighted by Gasteiger charge is 2.46. The van der Waals surface area contributed by atoms with E-state index >= 15 is 14.4 Å². The van der Waals surface area contributed by atoms with Gasteiger partial charge in [-0.3, -0.25) is 76.7 Å². The molecule has 22 N–H and O–H groups in total. The van der Waals surface area contributed by atoms with E-state index in [0.29, 0.717) is 34.6 Å². The van der Waals surface area contributed by atoms with Gasteiger partial charge in [0.2, 0.25) is 65.0 Å². The number of benzene rings is 3. The molecular formula is C67H80N14O26. The van der Waals surface area contributed by atoms with Crippen molar-refractivity contribution >= 4 is 123 Å². The van der Waals surface area contributed by atoms with Crippen molar-refractivity contribution in [3.05, 3.63) is 102 Å². The summed E-state index contributed by atoms with van der Waals surface area (Å²) in [4.78, 5) is 242. The van der Waals surface area contributed by atoms with Crippen molar-refractivity contribution < 1.29 is 127 Å². The number of ether oxygens (including phenoxy) is 2. The number of phenolic OH excluding ortho intramolecular Hbond substituents is 1. The second-order valence-corrected chi connectivity index (χ2v) is 25.2. The zero-order valence-corrected chi connectivity index (χ0v) is 57.3. The van der Waals surface area contributed by atoms with Crippen molar-refractivity contribution in [3.63, 3.8) is 0 Å². The molecule has 0 aliphatic carbocycles. The standard InChI is InChI=1S/C67H80N14O26/c1-4-9-44-55(107-44)66(104)77-43(27-82)61(99)80-51-29(3)106-67(105)42(20-32-25-70-37-13-8-6-11-35(32)37)76-62(100)50(28(2)18-46(85)86)79-65(103)53(54(93)56(68)94)78-45(84)26-71-57(95)39(21-47(87)88)75-64(102)52(30-14-16-33(83)17-15-30)81-60(98)41(23-49(91)92)73-59(97)40(22-48(89)90)72-58(96)38(74-63(51)101)19-31-24-69-36-12-7-5-10-34(31)36/h5-8,10-17,24-25,28-29,38-44,50-55,69-70,82-83,93H,4,9,18-23,26-27H2,1-3H3,(H2,68,94)(H,71,95)(H,72,96)(H,73,97)(H,74,101)(H,75,102)(H,76,100)(H,77,104)(H,78,84)(H,79,103)(H,80,99)(H,81,98)(H,85,86)(H,87,88)(H,89,90)(H,91,92)/t28?,29-,38-,39+,40+,41+,42?,43+,44?,50+,51?,52-,53-,54?,55?/m1/s1. The van der Waals surface area contributed by atoms with Crippen LogP contribution in [0.25, 0.3) is 21.8 Å². The van der Waals surface area contributed by atoms with E-state index in [4.69, 9.17) is 15.2 Å². The van der Waals surface area contributed by atoms with Crippen LogP contribution in [-0.2, 0) is 104 Å². The van der Waals surface area contributed by atoms with Gasteiger partial charge >= 0.3 is 29.8 Å². The third-order valence-corrected chi connectivity index (χ3v) is 17.1. The summed E-state index contributed by atoms with van der Waals surface area (Å²) in [6, 6.07) is -5.25. The molecule has 107 heavy (non-hydrogen) atoms. The molecule has 2 aromatic heterocycles. The molecular weight excluding hydrogens is 1420 g/mol. The van der Waals surface area contributed by atoms with Crippen molar-refractivity contribution in [2.45, 2.75) is 157 Å². The van der Waals surface area contributed by atoms with E-state index < -0.39 is 249 Å². The molecule has 2 fully saturated rings. The molecule has 0 radical (unpaired) electrons. The molecule has 6 unspecified atom stereocenters. The predicted octanol–water partition coefficient (Wildman–Crippen LogP) is -5.64. The Morgan fingerprint density at radius 2 is 1.08 bits per heavy atom. The second kappa shape index (κ2) is 37.2. The fraction of sp³-hybridized carbons (Fsp3) is 0.418. The number of carboxylic acid groups (broad SMARTS) is 4. The number of nitrogens with two attached hydrogens (primary N) is 1. The number of primary amides is 1. The van der Waals surface area contributed by atoms with Crippen LogP contribution in [0, 0.1) is 5.92 Å². The Bertz CT molecular complexity index is 4220. The van der Waals surface area contributed by atoms with Gasteiger partial charge in [-0.1, -0.05) is 68.8 Å². The van der Waals surface area contributed by atoms with Gasteiger partial charge in [-0.15, -0.1) is 0 Å². The number of epoxide rings is 1. The minimum atomic E-state index is -2.73. The Morgan fingerprint density at radius 1 is 0.589 bits per heavy atom. The van der Waals surface area contributed by atoms with E-state index in [2.05, 4.69) is 47.2 Å². The molecule has 2 saturated heterocycles. The summed E-state index contributed by atoms with van der Waals surface area (Å²) in [6.07, 6.45) is -8.84. The van der Waals surface area contributed by atoms with Gasteiger partial charge in [-0.25, -0.2) is 4.79 Å². The lowest BCUT2D eigenvalue weighted by molar-refractivity contribution is -0.156. The van der Waals surface area contributed by atoms with Crippen LogP contribution in [0.2, 0.25) is 0 Å². The third-order valence-electron chi connectivity index (χ3n) is 17.1. The zero-order valence-electron chi connectivity index (χ0n) is 57.3. The summed E-state index contributed by atoms with van der Waals surface area (Å²) in [6.45, 7) is 1.45. The summed E-state index contributed by atoms with van der Waals surface area (Å²) >= 11 is 0. The van der Waals surface area contributed by atoms with Crippen molar-refractivity contribution in [2.24, 2.45) is 11.7 Å². The van der Waals surface area contributed by atoms with Crippen molar-refractivity contribution in [1.29, 1.82) is 0 Å². The number of esters is 1. The van der Waals surface area contributed by atoms with Crippen LogP contribution in [-0.4, -0.2) is 238 Å². The number of carbonyl (C=O) groups is 17. The van der Waals surface area contributed by atoms with Crippen molar-refractivity contribution in [1.82, 2.24) is 68.5 Å². The summed E-state index contributed by atoms with van der Waals surface area (Å²) < 4.78 is 11.3. The van der Waals surface area contributed by atoms with E-state index in [1.165, 1.54) is 12.4 Å². The number of amides is 12. The molecule has 0 saturated carbocycles. The van der Waals surface area contributed by atoms with Gasteiger partial charge < -0.3 is 119 Å². The maximum absolute atomic E-state index is 15.3. The largest absolute Gasteiger partial charge is 0.508 e. The number of aliphatic hydroxyl groups excluding tert-OH is 2. The number of hydrogen-bond donors (Lipinski definition) is 21. The van der Waals surface area contributed by atoms with Crippen molar-refractivity contribution in [2.75, 3.05) is 13.2 Å². The summed E-state index contributed by atoms with van der Waals surface area (Å²) in [5, 5.41) is 96.5. The molecule has 4 heterocycles. The minimum absolute atomic E-state index is 0.229. The number of nitrogens with one attached hydrogen (secondary N) is 13. The third kappa shape index (κ3) is 22.7. The Balaban J connectivity index is 1.38. The second-order valence-electron chi connectivity index (χ2n) is 25.2. The monoisotopic (exact) mass is 1500 g/mol. The molecule has 0 spiro atoms. The first kappa shape index (κ1) is 81.7. The predicted molar refractivity (Wildman–Crippen MR) is 363 cm³/mol. The number of carboxylic acids is 4. The summed E-state index contributed by atoms with van der Waals surface area (Å²) in [5.74, 6) is -28.2. The first-order chi connectivity index (χ1) is 50.7. The number of hydrogen-bond acceptors (Lipinski definition) is 22. The van der Waals surface area contributed by atoms with Crippen molar-refractivity contribution in [3.8, 4) is 5.75 Å². The van der Waals surface area contributed by atoms with Crippen LogP contribution in [0.15, 0.2) is 85.2 Å². The van der Waals surface area contributed by atoms with Crippen LogP contribution in [0.3, 0.4) is 0 Å². The number of fused-ring (bicyclic) bond motifs is 2. The molecule has 7 rings (SSSR count). The minimum Gasteiger partial charge on any atom is -0.508 e. The lowest BCUT2D eigenvalue weighted by atomic mass is 9.95. The summed E-state index contributed by atoms with van der Waals surface area (Å²) in [7, 11) is 0. The van der Waals surface area contributed by atoms with E-state index in [1.54, 1.807) is 48.5 Å². The molecule has 3 aromatic carbocycles. The molecule has 5 aromatic rings. The topological polar surface area (TPSA) is 643 Å². The first-order valence-electron chi connectivity index (χ1n) is 33.2. The van der Waals surface area contributed by atoms with Gasteiger partial charge in [0.1, 0.15) is 72.3 Å². The molecule has 2 aliphatic rings. The maximum Gasteiger partial charge on any atom is 0.329 e. The number of aliphatic carboxylic acids is 4. The number of cyclic esters (lactones) is 1. The maximum atomic E-state index is 15.3. The molecule has 0 bridgehead atoms. The van der Waals surface area contributed by atoms with E-state index in [-0.39, 0.29) is 16.7 Å². The lowest BCUT2D eigenvalue weighted by Gasteiger charge is -2.31. The summed E-state index contributed by atoms with van der Waals surface area (Å²) in [5.41, 5.74) is 6.48. The van der Waals surface area contributed by atoms with Crippen LogP contribution in [0.5, 0.6) is 5.75 Å². The van der Waals surface area contributed by atoms with E-state index in [9.17, 15) is 103 Å². The normalized spacial score (nSPS) is 24.4. The number of aromatic hydroxyl groups is 1. The highest BCUT2D eigenvalue weighted by atomic mass is 16.6. The average Bonchev–Trinajstić information content (AvgIpc) is 1.78. The first-order valence-corrected chi connectivity index (χ1v) is 33.2. The molecule has 40 heteroatoms. The van der Waals surface area contributed by atoms with Crippen LogP contribution in [0.1, 0.15) is 82.0 Å². The molecule has 40 nitrogen and oxygen atoms in total. The average molecular weight is 1500 g/mol. The Morgan fingerprint density at radius 3 is 1.62 bits per heavy atom. The number of aromatic amines is 2. The Labute approximate surface area is 605 Å². The number of carbonyl (C=O) groups excluding carboxylic acids is 13. The number of H-pyrrole nitrogens is 2. The van der Waals surface area contributed by atoms with Gasteiger partial charge in [-0.05, 0) is 60.2 Å². The number of para-hydroxylation sites is 2. The Kier molecular flexibility index (Phi) is 28.4. The van der Waals surface area contributed by atoms with Crippen LogP contribution < -0.4 is 64.2 Å².